The van der Waals surface area contributed by atoms with Crippen LogP contribution in [-0.4, -0.2) is 51.2 Å². The Balaban J connectivity index is 1.35. The summed E-state index contributed by atoms with van der Waals surface area (Å²) < 4.78 is 17.0. The van der Waals surface area contributed by atoms with E-state index in [0.29, 0.717) is 54.2 Å². The van der Waals surface area contributed by atoms with Crippen LogP contribution in [0.5, 0.6) is 17.2 Å². The number of hydrogen-bond acceptors (Lipinski definition) is 9. The van der Waals surface area contributed by atoms with Gasteiger partial charge in [-0.05, 0) is 47.7 Å². The highest BCUT2D eigenvalue weighted by molar-refractivity contribution is 7.09. The predicted molar refractivity (Wildman–Crippen MR) is 175 cm³/mol. The number of methoxy groups -OCH3 is 3. The minimum absolute atomic E-state index is 0.0862. The molecule has 0 radical (unpaired) electrons. The van der Waals surface area contributed by atoms with Crippen molar-refractivity contribution in [2.75, 3.05) is 39.7 Å². The molecule has 234 valence electrons. The van der Waals surface area contributed by atoms with Gasteiger partial charge in [-0.2, -0.15) is 0 Å². The first-order valence-electron chi connectivity index (χ1n) is 14.6. The molecule has 0 saturated heterocycles. The van der Waals surface area contributed by atoms with Crippen LogP contribution >= 0.6 is 11.3 Å². The van der Waals surface area contributed by atoms with Gasteiger partial charge in [-0.1, -0.05) is 36.4 Å². The van der Waals surface area contributed by atoms with E-state index in [1.54, 1.807) is 31.6 Å². The molecule has 0 spiro atoms. The standard InChI is InChI=1S/C34H36N4O6S/c1-20(39)37-25-12-10-22-16-29(42-2)33(43-3)34(44-4)32(22)23-11-13-26(28(40)17-24(23)25)36-18-30(41)35-15-14-31-38-27(19-45-31)21-8-6-5-7-9-21/h5-9,11,13,16-17,19,25H,10,12,14-15,18H2,1-4H3,(H,35,41)(H,36,40)(H,37,39)/t25-/m0/s1. The van der Waals surface area contributed by atoms with Crippen LogP contribution in [0.1, 0.15) is 35.5 Å². The molecule has 3 aromatic carbocycles. The summed E-state index contributed by atoms with van der Waals surface area (Å²) in [5.74, 6) is 0.974. The number of benzene rings is 2. The average Bonchev–Trinajstić information content (AvgIpc) is 3.39. The minimum atomic E-state index is -0.420. The van der Waals surface area contributed by atoms with E-state index in [9.17, 15) is 14.4 Å². The van der Waals surface area contributed by atoms with Crippen LogP contribution < -0.4 is 35.6 Å². The van der Waals surface area contributed by atoms with Crippen molar-refractivity contribution in [2.45, 2.75) is 32.2 Å². The maximum atomic E-state index is 13.5. The molecule has 45 heavy (non-hydrogen) atoms. The van der Waals surface area contributed by atoms with E-state index >= 15 is 0 Å². The van der Waals surface area contributed by atoms with Crippen LogP contribution in [0.15, 0.2) is 64.8 Å². The third-order valence-corrected chi connectivity index (χ3v) is 8.55. The Hall–Kier alpha value is -4.90. The Morgan fingerprint density at radius 2 is 1.78 bits per heavy atom. The number of nitrogens with one attached hydrogen (secondary N) is 3. The molecular formula is C34H36N4O6S. The van der Waals surface area contributed by atoms with Crippen molar-refractivity contribution < 1.29 is 23.8 Å². The first-order valence-corrected chi connectivity index (χ1v) is 15.5. The lowest BCUT2D eigenvalue weighted by atomic mass is 9.95. The van der Waals surface area contributed by atoms with E-state index in [1.165, 1.54) is 20.1 Å². The van der Waals surface area contributed by atoms with Crippen LogP contribution in [0.3, 0.4) is 0 Å². The quantitative estimate of drug-likeness (QED) is 0.217. The maximum absolute atomic E-state index is 13.5. The normalized spacial score (nSPS) is 13.5. The van der Waals surface area contributed by atoms with Gasteiger partial charge in [-0.25, -0.2) is 4.98 Å². The first kappa shape index (κ1) is 31.5. The number of carbonyl (C=O) groups excluding carboxylic acids is 2. The van der Waals surface area contributed by atoms with Crippen molar-refractivity contribution in [1.29, 1.82) is 0 Å². The van der Waals surface area contributed by atoms with Gasteiger partial charge in [-0.15, -0.1) is 11.3 Å². The number of amides is 2. The van der Waals surface area contributed by atoms with Crippen molar-refractivity contribution in [1.82, 2.24) is 15.6 Å². The molecule has 1 aliphatic carbocycles. The van der Waals surface area contributed by atoms with Gasteiger partial charge < -0.3 is 30.2 Å². The predicted octanol–water partition coefficient (Wildman–Crippen LogP) is 4.76. The second-order valence-corrected chi connectivity index (χ2v) is 11.5. The van der Waals surface area contributed by atoms with Gasteiger partial charge in [0.15, 0.2) is 11.5 Å². The van der Waals surface area contributed by atoms with E-state index in [4.69, 9.17) is 14.2 Å². The molecule has 0 aliphatic heterocycles. The van der Waals surface area contributed by atoms with E-state index < -0.39 is 6.04 Å². The summed E-state index contributed by atoms with van der Waals surface area (Å²) in [6.07, 6.45) is 1.76. The molecule has 3 N–H and O–H groups in total. The fraction of sp³-hybridized carbons (Fsp3) is 0.294. The highest BCUT2D eigenvalue weighted by atomic mass is 32.1. The van der Waals surface area contributed by atoms with Gasteiger partial charge in [0, 0.05) is 36.4 Å². The van der Waals surface area contributed by atoms with Crippen molar-refractivity contribution in [2.24, 2.45) is 0 Å². The largest absolute Gasteiger partial charge is 0.493 e. The minimum Gasteiger partial charge on any atom is -0.493 e. The smallest absolute Gasteiger partial charge is 0.239 e. The number of nitrogens with zero attached hydrogens (tertiary/aromatic N) is 1. The van der Waals surface area contributed by atoms with Gasteiger partial charge in [0.1, 0.15) is 0 Å². The molecule has 2 amide bonds. The van der Waals surface area contributed by atoms with Crippen molar-refractivity contribution in [3.8, 4) is 39.6 Å². The zero-order valence-electron chi connectivity index (χ0n) is 25.7. The zero-order valence-corrected chi connectivity index (χ0v) is 26.5. The molecule has 0 unspecified atom stereocenters. The molecule has 0 saturated carbocycles. The summed E-state index contributed by atoms with van der Waals surface area (Å²) in [4.78, 5) is 43.0. The molecular weight excluding hydrogens is 592 g/mol. The maximum Gasteiger partial charge on any atom is 0.239 e. The van der Waals surface area contributed by atoms with Crippen molar-refractivity contribution in [3.05, 3.63) is 86.3 Å². The third-order valence-electron chi connectivity index (χ3n) is 7.64. The van der Waals surface area contributed by atoms with Crippen molar-refractivity contribution in [3.63, 3.8) is 0 Å². The summed E-state index contributed by atoms with van der Waals surface area (Å²) in [5.41, 5.74) is 4.98. The van der Waals surface area contributed by atoms with E-state index in [1.807, 2.05) is 47.8 Å². The second-order valence-electron chi connectivity index (χ2n) is 10.5. The number of carbonyl (C=O) groups is 2. The van der Waals surface area contributed by atoms with Crippen LogP contribution in [0.25, 0.3) is 22.4 Å². The van der Waals surface area contributed by atoms with E-state index in [-0.39, 0.29) is 29.5 Å². The van der Waals surface area contributed by atoms with Crippen molar-refractivity contribution >= 4 is 28.8 Å². The molecule has 11 heteroatoms. The number of fused-ring (bicyclic) bond motifs is 3. The molecule has 0 bridgehead atoms. The lowest BCUT2D eigenvalue weighted by Gasteiger charge is -2.19. The summed E-state index contributed by atoms with van der Waals surface area (Å²) in [6, 6.07) is 16.4. The monoisotopic (exact) mass is 628 g/mol. The van der Waals surface area contributed by atoms with Crippen LogP contribution in [0.2, 0.25) is 0 Å². The lowest BCUT2D eigenvalue weighted by molar-refractivity contribution is -0.120. The second kappa shape index (κ2) is 14.3. The summed E-state index contributed by atoms with van der Waals surface area (Å²) in [5, 5.41) is 11.8. The summed E-state index contributed by atoms with van der Waals surface area (Å²) in [7, 11) is 4.65. The van der Waals surface area contributed by atoms with E-state index in [2.05, 4.69) is 20.9 Å². The zero-order chi connectivity index (χ0) is 31.9. The Morgan fingerprint density at radius 3 is 2.49 bits per heavy atom. The fourth-order valence-electron chi connectivity index (χ4n) is 5.57. The number of aryl methyl sites for hydroxylation is 1. The van der Waals surface area contributed by atoms with E-state index in [0.717, 1.165) is 27.4 Å². The molecule has 10 nitrogen and oxygen atoms in total. The number of ether oxygens (including phenoxy) is 3. The Kier molecular flexibility index (Phi) is 9.99. The van der Waals surface area contributed by atoms with Gasteiger partial charge in [0.05, 0.1) is 50.3 Å². The number of hydrogen-bond donors (Lipinski definition) is 3. The molecule has 1 aliphatic rings. The number of aromatic nitrogens is 1. The molecule has 1 aromatic heterocycles. The Bertz CT molecular complexity index is 1760. The average molecular weight is 629 g/mol. The molecule has 4 aromatic rings. The van der Waals surface area contributed by atoms with Gasteiger partial charge in [-0.3, -0.25) is 14.4 Å². The molecule has 5 rings (SSSR count). The Labute approximate surface area is 265 Å². The number of rotatable bonds is 11. The van der Waals surface area contributed by atoms with Crippen LogP contribution in [0.4, 0.5) is 5.69 Å². The SMILES string of the molecule is COc1cc2c(c(OC)c1OC)-c1ccc(NCC(=O)NCCc3nc(-c4ccccc4)cs3)c(=O)cc1[C@@H](NC(C)=O)CC2. The number of thiazole rings is 1. The third kappa shape index (κ3) is 7.09. The van der Waals surface area contributed by atoms with Gasteiger partial charge in [0.2, 0.25) is 23.0 Å². The molecule has 1 heterocycles. The number of anilines is 1. The topological polar surface area (TPSA) is 128 Å². The van der Waals surface area contributed by atoms with Gasteiger partial charge >= 0.3 is 0 Å². The highest BCUT2D eigenvalue weighted by Crippen LogP contribution is 2.50. The van der Waals surface area contributed by atoms with Crippen LogP contribution in [0, 0.1) is 0 Å². The fourth-order valence-corrected chi connectivity index (χ4v) is 6.38. The molecule has 1 atom stereocenters. The first-order chi connectivity index (χ1) is 21.8. The lowest BCUT2D eigenvalue weighted by Crippen LogP contribution is -2.32. The van der Waals surface area contributed by atoms with Gasteiger partial charge in [0.25, 0.3) is 0 Å². The summed E-state index contributed by atoms with van der Waals surface area (Å²) in [6.45, 7) is 1.79. The summed E-state index contributed by atoms with van der Waals surface area (Å²) >= 11 is 1.56. The Morgan fingerprint density at radius 1 is 1.00 bits per heavy atom. The molecule has 0 fully saturated rings. The highest BCUT2D eigenvalue weighted by Gasteiger charge is 2.29. The van der Waals surface area contributed by atoms with Crippen LogP contribution in [-0.2, 0) is 22.4 Å².